The second-order valence-electron chi connectivity index (χ2n) is 7.71. The van der Waals surface area contributed by atoms with Crippen molar-refractivity contribution in [2.45, 2.75) is 13.8 Å². The number of aryl methyl sites for hydroxylation is 2. The van der Waals surface area contributed by atoms with E-state index in [1.54, 1.807) is 24.3 Å². The average Bonchev–Trinajstić information content (AvgIpc) is 3.01. The van der Waals surface area contributed by atoms with Crippen LogP contribution in [0.4, 0.5) is 17.1 Å². The van der Waals surface area contributed by atoms with Crippen LogP contribution in [0, 0.1) is 13.8 Å². The molecule has 0 bridgehead atoms. The Balaban J connectivity index is 1.50. The van der Waals surface area contributed by atoms with Crippen LogP contribution in [0.5, 0.6) is 0 Å². The topological polar surface area (TPSA) is 78.5 Å². The van der Waals surface area contributed by atoms with Gasteiger partial charge in [0.2, 0.25) is 0 Å². The Bertz CT molecular complexity index is 1370. The molecular weight excluding hydrogens is 497 g/mol. The van der Waals surface area contributed by atoms with E-state index in [4.69, 9.17) is 34.8 Å². The van der Waals surface area contributed by atoms with E-state index < -0.39 is 11.8 Å². The third kappa shape index (κ3) is 4.66. The summed E-state index contributed by atoms with van der Waals surface area (Å²) in [5, 5.41) is 6.01. The molecule has 2 N–H and O–H groups in total. The molecule has 1 heterocycles. The van der Waals surface area contributed by atoms with Crippen LogP contribution in [0.15, 0.2) is 71.4 Å². The zero-order chi connectivity index (χ0) is 24.6. The van der Waals surface area contributed by atoms with E-state index in [2.05, 4.69) is 10.6 Å². The lowest BCUT2D eigenvalue weighted by molar-refractivity contribution is -0.120. The van der Waals surface area contributed by atoms with Crippen molar-refractivity contribution in [1.82, 2.24) is 0 Å². The van der Waals surface area contributed by atoms with Gasteiger partial charge in [-0.15, -0.1) is 0 Å². The summed E-state index contributed by atoms with van der Waals surface area (Å²) in [6, 6.07) is 16.7. The molecular formula is C25H18Cl3N3O3. The van der Waals surface area contributed by atoms with Gasteiger partial charge in [-0.25, -0.2) is 4.90 Å². The SMILES string of the molecule is Cc1ccc(C)c(NC(=O)c2ccc(NC3=C(Cl)C(=O)N(c4ccc(Cl)c(Cl)c4)C3=O)cc2)c1. The Hall–Kier alpha value is -3.32. The molecule has 0 fully saturated rings. The number of carbonyl (C=O) groups is 3. The van der Waals surface area contributed by atoms with Crippen LogP contribution in [-0.4, -0.2) is 17.7 Å². The lowest BCUT2D eigenvalue weighted by Crippen LogP contribution is -2.32. The highest BCUT2D eigenvalue weighted by Gasteiger charge is 2.39. The molecule has 1 aliphatic heterocycles. The number of hydrogen-bond donors (Lipinski definition) is 2. The summed E-state index contributed by atoms with van der Waals surface area (Å²) in [6.07, 6.45) is 0. The number of benzene rings is 3. The standard InChI is InChI=1S/C25H18Cl3N3O3/c1-13-3-4-14(2)20(11-13)30-23(32)15-5-7-16(8-6-15)29-22-21(28)24(33)31(25(22)34)17-9-10-18(26)19(27)12-17/h3-12,29H,1-2H3,(H,30,32). The minimum Gasteiger partial charge on any atom is -0.350 e. The molecule has 0 atom stereocenters. The number of anilines is 3. The highest BCUT2D eigenvalue weighted by molar-refractivity contribution is 6.53. The molecule has 3 amide bonds. The summed E-state index contributed by atoms with van der Waals surface area (Å²) in [7, 11) is 0. The van der Waals surface area contributed by atoms with Gasteiger partial charge in [0.05, 0.1) is 15.7 Å². The number of carbonyl (C=O) groups excluding carboxylic acids is 3. The monoisotopic (exact) mass is 513 g/mol. The van der Waals surface area contributed by atoms with E-state index in [9.17, 15) is 14.4 Å². The highest BCUT2D eigenvalue weighted by atomic mass is 35.5. The normalized spacial score (nSPS) is 13.5. The van der Waals surface area contributed by atoms with Crippen LogP contribution in [-0.2, 0) is 9.59 Å². The van der Waals surface area contributed by atoms with Crippen molar-refractivity contribution in [3.05, 3.63) is 98.1 Å². The number of halogens is 3. The highest BCUT2D eigenvalue weighted by Crippen LogP contribution is 2.33. The third-order valence-electron chi connectivity index (χ3n) is 5.25. The molecule has 0 radical (unpaired) electrons. The first-order valence-electron chi connectivity index (χ1n) is 10.1. The molecule has 3 aromatic rings. The van der Waals surface area contributed by atoms with E-state index in [1.807, 2.05) is 32.0 Å². The van der Waals surface area contributed by atoms with Crippen LogP contribution >= 0.6 is 34.8 Å². The summed E-state index contributed by atoms with van der Waals surface area (Å²) >= 11 is 18.1. The molecule has 6 nitrogen and oxygen atoms in total. The van der Waals surface area contributed by atoms with Crippen molar-refractivity contribution < 1.29 is 14.4 Å². The van der Waals surface area contributed by atoms with Crippen LogP contribution in [0.3, 0.4) is 0 Å². The van der Waals surface area contributed by atoms with Gasteiger partial charge in [0, 0.05) is 16.9 Å². The second kappa shape index (κ2) is 9.50. The lowest BCUT2D eigenvalue weighted by atomic mass is 10.1. The number of hydrogen-bond acceptors (Lipinski definition) is 4. The van der Waals surface area contributed by atoms with Gasteiger partial charge >= 0.3 is 0 Å². The van der Waals surface area contributed by atoms with E-state index >= 15 is 0 Å². The maximum absolute atomic E-state index is 12.9. The predicted octanol–water partition coefficient (Wildman–Crippen LogP) is 6.30. The Morgan fingerprint density at radius 2 is 1.53 bits per heavy atom. The second-order valence-corrected chi connectivity index (χ2v) is 8.90. The largest absolute Gasteiger partial charge is 0.350 e. The molecule has 172 valence electrons. The molecule has 0 saturated heterocycles. The maximum Gasteiger partial charge on any atom is 0.283 e. The average molecular weight is 515 g/mol. The van der Waals surface area contributed by atoms with Gasteiger partial charge in [-0.05, 0) is 73.5 Å². The first-order chi connectivity index (χ1) is 16.2. The van der Waals surface area contributed by atoms with Crippen LogP contribution in [0.2, 0.25) is 10.0 Å². The number of amides is 3. The Morgan fingerprint density at radius 1 is 0.824 bits per heavy atom. The first-order valence-corrected chi connectivity index (χ1v) is 11.3. The summed E-state index contributed by atoms with van der Waals surface area (Å²) < 4.78 is 0. The van der Waals surface area contributed by atoms with E-state index in [1.165, 1.54) is 18.2 Å². The van der Waals surface area contributed by atoms with Crippen LogP contribution < -0.4 is 15.5 Å². The molecule has 0 unspecified atom stereocenters. The van der Waals surface area contributed by atoms with Gasteiger partial charge in [0.25, 0.3) is 17.7 Å². The van der Waals surface area contributed by atoms with Crippen molar-refractivity contribution in [2.75, 3.05) is 15.5 Å². The molecule has 3 aromatic carbocycles. The number of imide groups is 1. The summed E-state index contributed by atoms with van der Waals surface area (Å²) in [4.78, 5) is 39.1. The van der Waals surface area contributed by atoms with Crippen molar-refractivity contribution in [3.63, 3.8) is 0 Å². The molecule has 0 saturated carbocycles. The van der Waals surface area contributed by atoms with Crippen LogP contribution in [0.25, 0.3) is 0 Å². The van der Waals surface area contributed by atoms with Gasteiger partial charge in [-0.2, -0.15) is 0 Å². The molecule has 0 spiro atoms. The summed E-state index contributed by atoms with van der Waals surface area (Å²) in [5.74, 6) is -1.59. The van der Waals surface area contributed by atoms with Gasteiger partial charge in [-0.3, -0.25) is 14.4 Å². The fraction of sp³-hybridized carbons (Fsp3) is 0.0800. The predicted molar refractivity (Wildman–Crippen MR) is 136 cm³/mol. The van der Waals surface area contributed by atoms with Crippen molar-refractivity contribution in [1.29, 1.82) is 0 Å². The fourth-order valence-corrected chi connectivity index (χ4v) is 3.89. The number of nitrogens with zero attached hydrogens (tertiary/aromatic N) is 1. The summed E-state index contributed by atoms with van der Waals surface area (Å²) in [5.41, 5.74) is 3.81. The first kappa shape index (κ1) is 23.8. The quantitative estimate of drug-likeness (QED) is 0.392. The number of rotatable bonds is 5. The smallest absolute Gasteiger partial charge is 0.283 e. The van der Waals surface area contributed by atoms with Gasteiger partial charge in [0.1, 0.15) is 10.7 Å². The van der Waals surface area contributed by atoms with E-state index in [0.29, 0.717) is 16.3 Å². The minimum absolute atomic E-state index is 0.0784. The number of nitrogens with one attached hydrogen (secondary N) is 2. The zero-order valence-corrected chi connectivity index (χ0v) is 20.3. The fourth-order valence-electron chi connectivity index (χ4n) is 3.38. The molecule has 9 heteroatoms. The lowest BCUT2D eigenvalue weighted by Gasteiger charge is -2.16. The van der Waals surface area contributed by atoms with Crippen molar-refractivity contribution in [2.24, 2.45) is 0 Å². The molecule has 1 aliphatic rings. The third-order valence-corrected chi connectivity index (χ3v) is 6.34. The van der Waals surface area contributed by atoms with Crippen LogP contribution in [0.1, 0.15) is 21.5 Å². The van der Waals surface area contributed by atoms with Gasteiger partial charge in [-0.1, -0.05) is 46.9 Å². The van der Waals surface area contributed by atoms with Crippen molar-refractivity contribution >= 4 is 69.6 Å². The Kier molecular flexibility index (Phi) is 6.66. The summed E-state index contributed by atoms with van der Waals surface area (Å²) in [6.45, 7) is 3.87. The molecule has 0 aliphatic carbocycles. The Morgan fingerprint density at radius 3 is 2.21 bits per heavy atom. The van der Waals surface area contributed by atoms with Gasteiger partial charge < -0.3 is 10.6 Å². The molecule has 34 heavy (non-hydrogen) atoms. The van der Waals surface area contributed by atoms with Crippen molar-refractivity contribution in [3.8, 4) is 0 Å². The van der Waals surface area contributed by atoms with E-state index in [0.717, 1.165) is 21.7 Å². The van der Waals surface area contributed by atoms with E-state index in [-0.39, 0.29) is 27.3 Å². The molecule has 0 aromatic heterocycles. The Labute approximate surface area is 211 Å². The molecule has 4 rings (SSSR count). The zero-order valence-electron chi connectivity index (χ0n) is 18.1. The maximum atomic E-state index is 12.9. The van der Waals surface area contributed by atoms with Gasteiger partial charge in [0.15, 0.2) is 0 Å². The minimum atomic E-state index is -0.683.